The topological polar surface area (TPSA) is 17.8 Å². The van der Waals surface area contributed by atoms with Crippen LogP contribution in [0.4, 0.5) is 0 Å². The van der Waals surface area contributed by atoms with Gasteiger partial charge in [0.15, 0.2) is 5.82 Å². The molecule has 0 aliphatic carbocycles. The van der Waals surface area contributed by atoms with E-state index in [-0.39, 0.29) is 0 Å². The summed E-state index contributed by atoms with van der Waals surface area (Å²) < 4.78 is 7.57. The van der Waals surface area contributed by atoms with Crippen LogP contribution in [0.1, 0.15) is 0 Å². The number of hydrogen-bond acceptors (Lipinski definition) is 3. The molecule has 2 nitrogen and oxygen atoms in total. The van der Waals surface area contributed by atoms with Crippen LogP contribution in [0.5, 0.6) is 0 Å². The SMILES string of the molecule is c1ccc2c(c1)sc1c(-c3cccc4c5ccccc5n(-c5nccc6c5sc5ccccc56)c34)cccc12. The number of benzene rings is 5. The summed E-state index contributed by atoms with van der Waals surface area (Å²) >= 11 is 3.71. The standard InChI is InChI=1S/C35H20N2S2/c1-4-16-29-21(9-1)24-12-7-13-25(27-15-8-14-26-22-10-2-5-17-30(22)38-33(26)27)32(24)37(29)35-34-28(19-20-36-35)23-11-3-6-18-31(23)39-34/h1-20H. The first-order valence-corrected chi connectivity index (χ1v) is 14.7. The van der Waals surface area contributed by atoms with Gasteiger partial charge in [0.25, 0.3) is 0 Å². The molecule has 0 radical (unpaired) electrons. The lowest BCUT2D eigenvalue weighted by atomic mass is 10.00. The minimum absolute atomic E-state index is 0.996. The molecule has 4 aromatic heterocycles. The van der Waals surface area contributed by atoms with Crippen molar-refractivity contribution in [1.82, 2.24) is 9.55 Å². The van der Waals surface area contributed by atoms with Crippen molar-refractivity contribution in [3.8, 4) is 16.9 Å². The molecule has 0 saturated carbocycles. The van der Waals surface area contributed by atoms with E-state index < -0.39 is 0 Å². The molecule has 39 heavy (non-hydrogen) atoms. The molecule has 0 unspecified atom stereocenters. The highest BCUT2D eigenvalue weighted by Gasteiger charge is 2.21. The van der Waals surface area contributed by atoms with E-state index in [4.69, 9.17) is 4.98 Å². The fourth-order valence-corrected chi connectivity index (χ4v) is 8.62. The molecule has 0 bridgehead atoms. The van der Waals surface area contributed by atoms with E-state index in [9.17, 15) is 0 Å². The summed E-state index contributed by atoms with van der Waals surface area (Å²) in [6, 6.07) is 41.8. The number of thiophene rings is 2. The molecule has 0 saturated heterocycles. The summed E-state index contributed by atoms with van der Waals surface area (Å²) in [6.07, 6.45) is 1.97. The third kappa shape index (κ3) is 2.93. The first-order chi connectivity index (χ1) is 19.4. The largest absolute Gasteiger partial charge is 0.292 e. The third-order valence-electron chi connectivity index (χ3n) is 7.88. The van der Waals surface area contributed by atoms with E-state index in [0.717, 1.165) is 5.82 Å². The molecule has 0 atom stereocenters. The lowest BCUT2D eigenvalue weighted by Crippen LogP contribution is -1.98. The van der Waals surface area contributed by atoms with Crippen LogP contribution in [0.15, 0.2) is 121 Å². The lowest BCUT2D eigenvalue weighted by molar-refractivity contribution is 1.11. The highest BCUT2D eigenvalue weighted by molar-refractivity contribution is 7.26. The average molecular weight is 533 g/mol. The van der Waals surface area contributed by atoms with Crippen molar-refractivity contribution in [2.75, 3.05) is 0 Å². The Morgan fingerprint density at radius 2 is 1.05 bits per heavy atom. The van der Waals surface area contributed by atoms with E-state index in [0.29, 0.717) is 0 Å². The van der Waals surface area contributed by atoms with Gasteiger partial charge < -0.3 is 0 Å². The second kappa shape index (κ2) is 8.00. The van der Waals surface area contributed by atoms with Gasteiger partial charge in [0.2, 0.25) is 0 Å². The third-order valence-corrected chi connectivity index (χ3v) is 10.3. The van der Waals surface area contributed by atoms with Gasteiger partial charge in [-0.15, -0.1) is 22.7 Å². The average Bonchev–Trinajstić information content (AvgIpc) is 3.67. The van der Waals surface area contributed by atoms with E-state index in [1.807, 2.05) is 28.9 Å². The van der Waals surface area contributed by atoms with Crippen LogP contribution in [-0.2, 0) is 0 Å². The number of hydrogen-bond donors (Lipinski definition) is 0. The number of para-hydroxylation sites is 2. The van der Waals surface area contributed by atoms with E-state index in [2.05, 4.69) is 120 Å². The second-order valence-electron chi connectivity index (χ2n) is 9.94. The highest BCUT2D eigenvalue weighted by Crippen LogP contribution is 2.45. The number of pyridine rings is 1. The zero-order valence-corrected chi connectivity index (χ0v) is 22.4. The Labute approximate surface area is 232 Å². The van der Waals surface area contributed by atoms with Crippen molar-refractivity contribution in [3.05, 3.63) is 121 Å². The lowest BCUT2D eigenvalue weighted by Gasteiger charge is -2.12. The molecule has 0 N–H and O–H groups in total. The number of nitrogens with zero attached hydrogens (tertiary/aromatic N) is 2. The van der Waals surface area contributed by atoms with Gasteiger partial charge in [-0.1, -0.05) is 91.0 Å². The first kappa shape index (κ1) is 21.4. The van der Waals surface area contributed by atoms with Crippen molar-refractivity contribution in [2.24, 2.45) is 0 Å². The van der Waals surface area contributed by atoms with E-state index >= 15 is 0 Å². The number of rotatable bonds is 2. The predicted octanol–water partition coefficient (Wildman–Crippen LogP) is 10.6. The Bertz CT molecular complexity index is 2400. The number of aromatic nitrogens is 2. The first-order valence-electron chi connectivity index (χ1n) is 13.1. The van der Waals surface area contributed by atoms with Crippen molar-refractivity contribution in [3.63, 3.8) is 0 Å². The predicted molar refractivity (Wildman–Crippen MR) is 170 cm³/mol. The smallest absolute Gasteiger partial charge is 0.155 e. The summed E-state index contributed by atoms with van der Waals surface area (Å²) in [4.78, 5) is 5.05. The van der Waals surface area contributed by atoms with Gasteiger partial charge in [-0.3, -0.25) is 4.57 Å². The van der Waals surface area contributed by atoms with Crippen LogP contribution >= 0.6 is 22.7 Å². The zero-order valence-electron chi connectivity index (χ0n) is 20.8. The van der Waals surface area contributed by atoms with Crippen LogP contribution in [0.25, 0.3) is 79.1 Å². The quantitative estimate of drug-likeness (QED) is 0.216. The molecule has 0 aliphatic heterocycles. The van der Waals surface area contributed by atoms with Gasteiger partial charge in [0.1, 0.15) is 0 Å². The molecule has 9 rings (SSSR count). The molecule has 4 heteroatoms. The Morgan fingerprint density at radius 1 is 0.462 bits per heavy atom. The van der Waals surface area contributed by atoms with Gasteiger partial charge in [-0.25, -0.2) is 4.98 Å². The molecule has 0 amide bonds. The van der Waals surface area contributed by atoms with Crippen LogP contribution in [0.3, 0.4) is 0 Å². The molecule has 0 aliphatic rings. The van der Waals surface area contributed by atoms with Gasteiger partial charge in [0, 0.05) is 63.7 Å². The van der Waals surface area contributed by atoms with Crippen molar-refractivity contribution >= 4 is 84.8 Å². The fraction of sp³-hybridized carbons (Fsp3) is 0. The van der Waals surface area contributed by atoms with Crippen LogP contribution in [0.2, 0.25) is 0 Å². The van der Waals surface area contributed by atoms with Gasteiger partial charge in [-0.05, 0) is 24.3 Å². The molecule has 5 aromatic carbocycles. The van der Waals surface area contributed by atoms with Gasteiger partial charge in [0.05, 0.1) is 15.7 Å². The Kier molecular flexibility index (Phi) is 4.39. The maximum absolute atomic E-state index is 5.05. The monoisotopic (exact) mass is 532 g/mol. The Balaban J connectivity index is 1.46. The molecule has 0 fully saturated rings. The van der Waals surface area contributed by atoms with Crippen LogP contribution < -0.4 is 0 Å². The maximum atomic E-state index is 5.05. The van der Waals surface area contributed by atoms with Gasteiger partial charge >= 0.3 is 0 Å². The minimum atomic E-state index is 0.996. The normalized spacial score (nSPS) is 12.1. The molecule has 0 spiro atoms. The Morgan fingerprint density at radius 3 is 1.85 bits per heavy atom. The van der Waals surface area contributed by atoms with E-state index in [1.54, 1.807) is 0 Å². The van der Waals surface area contributed by atoms with Crippen LogP contribution in [-0.4, -0.2) is 9.55 Å². The van der Waals surface area contributed by atoms with Gasteiger partial charge in [-0.2, -0.15) is 0 Å². The fourth-order valence-electron chi connectivity index (χ4n) is 6.21. The summed E-state index contributed by atoms with van der Waals surface area (Å²) in [5.41, 5.74) is 4.90. The summed E-state index contributed by atoms with van der Waals surface area (Å²) in [7, 11) is 0. The van der Waals surface area contributed by atoms with Crippen LogP contribution in [0, 0.1) is 0 Å². The summed E-state index contributed by atoms with van der Waals surface area (Å²) in [6.45, 7) is 0. The second-order valence-corrected chi connectivity index (χ2v) is 12.0. The molecule has 182 valence electrons. The molecular formula is C35H20N2S2. The Hall–Kier alpha value is -4.51. The highest BCUT2D eigenvalue weighted by atomic mass is 32.1. The summed E-state index contributed by atoms with van der Waals surface area (Å²) in [5, 5.41) is 7.69. The van der Waals surface area contributed by atoms with Crippen molar-refractivity contribution < 1.29 is 0 Å². The van der Waals surface area contributed by atoms with E-state index in [1.165, 1.54) is 73.3 Å². The van der Waals surface area contributed by atoms with Crippen molar-refractivity contribution in [2.45, 2.75) is 0 Å². The molecular weight excluding hydrogens is 513 g/mol. The summed E-state index contributed by atoms with van der Waals surface area (Å²) in [5.74, 6) is 0.996. The van der Waals surface area contributed by atoms with Crippen molar-refractivity contribution in [1.29, 1.82) is 0 Å². The zero-order chi connectivity index (χ0) is 25.5. The molecule has 4 heterocycles. The number of fused-ring (bicyclic) bond motifs is 9. The minimum Gasteiger partial charge on any atom is -0.292 e. The molecule has 9 aromatic rings. The maximum Gasteiger partial charge on any atom is 0.155 e.